The van der Waals surface area contributed by atoms with Gasteiger partial charge in [0.2, 0.25) is 0 Å². The molecule has 0 spiro atoms. The maximum absolute atomic E-state index is 13.4. The molecule has 0 bridgehead atoms. The molecule has 0 aliphatic carbocycles. The summed E-state index contributed by atoms with van der Waals surface area (Å²) in [5.74, 6) is -0.165. The lowest BCUT2D eigenvalue weighted by Crippen LogP contribution is -2.19. The summed E-state index contributed by atoms with van der Waals surface area (Å²) in [7, 11) is 0. The molecule has 0 radical (unpaired) electrons. The molecule has 0 fully saturated rings. The van der Waals surface area contributed by atoms with Gasteiger partial charge in [0.1, 0.15) is 5.82 Å². The molecule has 0 saturated heterocycles. The zero-order chi connectivity index (χ0) is 14.5. The molecular weight excluding hydrogens is 296 g/mol. The monoisotopic (exact) mass is 311 g/mol. The van der Waals surface area contributed by atoms with Gasteiger partial charge in [-0.15, -0.1) is 0 Å². The first-order valence-electron chi connectivity index (χ1n) is 6.47. The highest BCUT2D eigenvalue weighted by molar-refractivity contribution is 6.31. The molecule has 106 valence electrons. The molecule has 1 unspecified atom stereocenters. The van der Waals surface area contributed by atoms with Gasteiger partial charge in [0, 0.05) is 5.02 Å². The molecule has 0 aromatic heterocycles. The third kappa shape index (κ3) is 3.95. The Morgan fingerprint density at radius 3 is 2.35 bits per heavy atom. The molecule has 1 atom stereocenters. The van der Waals surface area contributed by atoms with Gasteiger partial charge in [-0.25, -0.2) is 4.39 Å². The highest BCUT2D eigenvalue weighted by atomic mass is 35.5. The minimum Gasteiger partial charge on any atom is -0.330 e. The third-order valence-corrected chi connectivity index (χ3v) is 3.99. The largest absolute Gasteiger partial charge is 0.330 e. The van der Waals surface area contributed by atoms with Gasteiger partial charge in [-0.05, 0) is 54.6 Å². The Balaban J connectivity index is 2.09. The van der Waals surface area contributed by atoms with E-state index in [0.29, 0.717) is 18.0 Å². The van der Waals surface area contributed by atoms with Crippen molar-refractivity contribution in [2.24, 2.45) is 11.7 Å². The van der Waals surface area contributed by atoms with E-state index in [0.717, 1.165) is 17.5 Å². The van der Waals surface area contributed by atoms with Crippen molar-refractivity contribution in [1.29, 1.82) is 0 Å². The van der Waals surface area contributed by atoms with E-state index >= 15 is 0 Å². The van der Waals surface area contributed by atoms with Gasteiger partial charge >= 0.3 is 0 Å². The van der Waals surface area contributed by atoms with Crippen molar-refractivity contribution >= 4 is 23.2 Å². The van der Waals surface area contributed by atoms with Crippen LogP contribution in [-0.4, -0.2) is 6.54 Å². The van der Waals surface area contributed by atoms with Crippen LogP contribution in [0.25, 0.3) is 0 Å². The fourth-order valence-corrected chi connectivity index (χ4v) is 2.54. The zero-order valence-electron chi connectivity index (χ0n) is 11.0. The van der Waals surface area contributed by atoms with Crippen molar-refractivity contribution in [3.8, 4) is 0 Å². The second-order valence-corrected chi connectivity index (χ2v) is 5.66. The van der Waals surface area contributed by atoms with Crippen LogP contribution < -0.4 is 5.73 Å². The average Bonchev–Trinajstić information content (AvgIpc) is 2.45. The number of benzene rings is 2. The summed E-state index contributed by atoms with van der Waals surface area (Å²) in [6, 6.07) is 12.6. The summed E-state index contributed by atoms with van der Waals surface area (Å²) in [6.07, 6.45) is 1.48. The lowest BCUT2D eigenvalue weighted by molar-refractivity contribution is 0.530. The third-order valence-electron chi connectivity index (χ3n) is 3.31. The first-order valence-corrected chi connectivity index (χ1v) is 7.23. The van der Waals surface area contributed by atoms with Crippen LogP contribution in [-0.2, 0) is 12.8 Å². The molecular formula is C16H16Cl2FN. The second-order valence-electron chi connectivity index (χ2n) is 4.85. The molecule has 0 saturated carbocycles. The van der Waals surface area contributed by atoms with Crippen LogP contribution in [0.2, 0.25) is 10.0 Å². The van der Waals surface area contributed by atoms with E-state index < -0.39 is 0 Å². The number of halogens is 3. The Labute approximate surface area is 128 Å². The van der Waals surface area contributed by atoms with Gasteiger partial charge < -0.3 is 5.73 Å². The topological polar surface area (TPSA) is 26.0 Å². The smallest absolute Gasteiger partial charge is 0.142 e. The van der Waals surface area contributed by atoms with Crippen molar-refractivity contribution in [3.05, 3.63) is 69.5 Å². The Kier molecular flexibility index (Phi) is 5.41. The standard InChI is InChI=1S/C16H16Cl2FN/c17-14-6-4-11(5-7-14)8-12(10-20)9-13-2-1-3-15(19)16(13)18/h1-7,12H,8-10,20H2. The van der Waals surface area contributed by atoms with Crippen LogP contribution in [0.5, 0.6) is 0 Å². The van der Waals surface area contributed by atoms with Gasteiger partial charge in [0.25, 0.3) is 0 Å². The lowest BCUT2D eigenvalue weighted by atomic mass is 9.92. The molecule has 20 heavy (non-hydrogen) atoms. The molecule has 4 heteroatoms. The van der Waals surface area contributed by atoms with E-state index in [9.17, 15) is 4.39 Å². The maximum Gasteiger partial charge on any atom is 0.142 e. The van der Waals surface area contributed by atoms with E-state index in [1.807, 2.05) is 30.3 Å². The fourth-order valence-electron chi connectivity index (χ4n) is 2.21. The minimum absolute atomic E-state index is 0.196. The van der Waals surface area contributed by atoms with Crippen molar-refractivity contribution < 1.29 is 4.39 Å². The highest BCUT2D eigenvalue weighted by Gasteiger charge is 2.13. The molecule has 0 aliphatic heterocycles. The summed E-state index contributed by atoms with van der Waals surface area (Å²) in [6.45, 7) is 0.523. The molecule has 0 heterocycles. The van der Waals surface area contributed by atoms with Gasteiger partial charge in [-0.3, -0.25) is 0 Å². The summed E-state index contributed by atoms with van der Waals surface area (Å²) in [5, 5.41) is 0.910. The van der Waals surface area contributed by atoms with Crippen LogP contribution in [0.15, 0.2) is 42.5 Å². The molecule has 1 nitrogen and oxygen atoms in total. The summed E-state index contributed by atoms with van der Waals surface area (Å²) < 4.78 is 13.4. The van der Waals surface area contributed by atoms with Crippen LogP contribution in [0.3, 0.4) is 0 Å². The maximum atomic E-state index is 13.4. The van der Waals surface area contributed by atoms with Gasteiger partial charge in [-0.1, -0.05) is 47.5 Å². The van der Waals surface area contributed by atoms with Crippen LogP contribution in [0, 0.1) is 11.7 Å². The van der Waals surface area contributed by atoms with E-state index in [4.69, 9.17) is 28.9 Å². The molecule has 0 aliphatic rings. The zero-order valence-corrected chi connectivity index (χ0v) is 12.5. The number of nitrogens with two attached hydrogens (primary N) is 1. The van der Waals surface area contributed by atoms with Crippen molar-refractivity contribution in [1.82, 2.24) is 0 Å². The van der Waals surface area contributed by atoms with Crippen LogP contribution in [0.1, 0.15) is 11.1 Å². The average molecular weight is 312 g/mol. The SMILES string of the molecule is NCC(Cc1ccc(Cl)cc1)Cc1cccc(F)c1Cl. The molecule has 2 rings (SSSR count). The Bertz CT molecular complexity index is 569. The first-order chi connectivity index (χ1) is 9.60. The summed E-state index contributed by atoms with van der Waals surface area (Å²) in [5.41, 5.74) is 7.79. The molecule has 2 N–H and O–H groups in total. The predicted octanol–water partition coefficient (Wildman–Crippen LogP) is 4.49. The first kappa shape index (κ1) is 15.3. The molecule has 2 aromatic carbocycles. The Morgan fingerprint density at radius 1 is 1.00 bits per heavy atom. The minimum atomic E-state index is -0.383. The molecule has 2 aromatic rings. The lowest BCUT2D eigenvalue weighted by Gasteiger charge is -2.16. The second kappa shape index (κ2) is 7.07. The van der Waals surface area contributed by atoms with Crippen LogP contribution in [0.4, 0.5) is 4.39 Å². The van der Waals surface area contributed by atoms with E-state index in [1.165, 1.54) is 6.07 Å². The van der Waals surface area contributed by atoms with E-state index in [-0.39, 0.29) is 16.8 Å². The van der Waals surface area contributed by atoms with Gasteiger partial charge in [0.15, 0.2) is 0 Å². The van der Waals surface area contributed by atoms with Crippen molar-refractivity contribution in [2.45, 2.75) is 12.8 Å². The number of hydrogen-bond acceptors (Lipinski definition) is 1. The fraction of sp³-hybridized carbons (Fsp3) is 0.250. The number of rotatable bonds is 5. The van der Waals surface area contributed by atoms with Crippen molar-refractivity contribution in [2.75, 3.05) is 6.54 Å². The normalized spacial score (nSPS) is 12.4. The summed E-state index contributed by atoms with van der Waals surface area (Å²) in [4.78, 5) is 0. The van der Waals surface area contributed by atoms with Gasteiger partial charge in [-0.2, -0.15) is 0 Å². The van der Waals surface area contributed by atoms with Crippen LogP contribution >= 0.6 is 23.2 Å². The van der Waals surface area contributed by atoms with E-state index in [2.05, 4.69) is 0 Å². The Morgan fingerprint density at radius 2 is 1.70 bits per heavy atom. The summed E-state index contributed by atoms with van der Waals surface area (Å²) >= 11 is 11.9. The predicted molar refractivity (Wildman–Crippen MR) is 82.8 cm³/mol. The highest BCUT2D eigenvalue weighted by Crippen LogP contribution is 2.24. The quantitative estimate of drug-likeness (QED) is 0.865. The molecule has 0 amide bonds. The Hall–Kier alpha value is -1.09. The van der Waals surface area contributed by atoms with Crippen molar-refractivity contribution in [3.63, 3.8) is 0 Å². The van der Waals surface area contributed by atoms with E-state index in [1.54, 1.807) is 6.07 Å². The number of hydrogen-bond donors (Lipinski definition) is 1. The van der Waals surface area contributed by atoms with Gasteiger partial charge in [0.05, 0.1) is 5.02 Å².